The van der Waals surface area contributed by atoms with Crippen LogP contribution in [-0.4, -0.2) is 30.4 Å². The second kappa shape index (κ2) is 5.84. The monoisotopic (exact) mass is 302 g/mol. The second-order valence-electron chi connectivity index (χ2n) is 5.16. The normalized spacial score (nSPS) is 10.8. The van der Waals surface area contributed by atoms with Crippen LogP contribution in [0.1, 0.15) is 11.4 Å². The van der Waals surface area contributed by atoms with Gasteiger partial charge in [0, 0.05) is 17.5 Å². The van der Waals surface area contributed by atoms with Gasteiger partial charge in [0.2, 0.25) is 0 Å². The summed E-state index contributed by atoms with van der Waals surface area (Å²) in [7, 11) is 0. The van der Waals surface area contributed by atoms with Crippen molar-refractivity contribution >= 4 is 0 Å². The quantitative estimate of drug-likeness (QED) is 0.629. The summed E-state index contributed by atoms with van der Waals surface area (Å²) in [4.78, 5) is 0. The van der Waals surface area contributed by atoms with E-state index in [1.54, 1.807) is 0 Å². The molecule has 23 heavy (non-hydrogen) atoms. The van der Waals surface area contributed by atoms with Crippen molar-refractivity contribution in [3.63, 3.8) is 0 Å². The van der Waals surface area contributed by atoms with Crippen molar-refractivity contribution in [1.29, 1.82) is 0 Å². The summed E-state index contributed by atoms with van der Waals surface area (Å²) in [6.07, 6.45) is 2.47. The third kappa shape index (κ3) is 2.62. The van der Waals surface area contributed by atoms with Crippen LogP contribution in [0.3, 0.4) is 0 Å². The largest absolute Gasteiger partial charge is 0.243 e. The Balaban J connectivity index is 1.86. The number of nitrogens with zero attached hydrogens (tertiary/aromatic N) is 5. The Morgan fingerprint density at radius 2 is 1.65 bits per heavy atom. The molecular formula is C17H14N6. The Hall–Kier alpha value is -3.28. The highest BCUT2D eigenvalue weighted by molar-refractivity contribution is 5.66. The smallest absolute Gasteiger partial charge is 0.153 e. The molecule has 1 N–H and O–H groups in total. The van der Waals surface area contributed by atoms with Gasteiger partial charge in [0.15, 0.2) is 5.82 Å². The van der Waals surface area contributed by atoms with Gasteiger partial charge in [-0.25, -0.2) is 9.78 Å². The number of benzene rings is 2. The van der Waals surface area contributed by atoms with E-state index in [4.69, 9.17) is 0 Å². The van der Waals surface area contributed by atoms with Crippen LogP contribution in [0.15, 0.2) is 66.9 Å². The van der Waals surface area contributed by atoms with Crippen molar-refractivity contribution in [3.05, 3.63) is 78.2 Å². The first-order valence-corrected chi connectivity index (χ1v) is 7.32. The van der Waals surface area contributed by atoms with E-state index in [9.17, 15) is 0 Å². The molecule has 0 fully saturated rings. The molecule has 0 bridgehead atoms. The molecule has 0 amide bonds. The highest BCUT2D eigenvalue weighted by Gasteiger charge is 2.15. The molecule has 0 aliphatic rings. The topological polar surface area (TPSA) is 72.3 Å². The number of H-pyrrole nitrogens is 1. The number of rotatable bonds is 4. The van der Waals surface area contributed by atoms with E-state index < -0.39 is 0 Å². The van der Waals surface area contributed by atoms with Crippen molar-refractivity contribution in [2.24, 2.45) is 0 Å². The predicted octanol–water partition coefficient (Wildman–Crippen LogP) is 2.64. The van der Waals surface area contributed by atoms with E-state index >= 15 is 0 Å². The molecule has 0 aliphatic carbocycles. The Kier molecular flexibility index (Phi) is 3.40. The standard InChI is InChI=1S/C17H14N6/c1-3-7-13(8-4-1)17-14(11-16-19-21-22-20-16)12-18-23(17)15-9-5-2-6-10-15/h1-10,12H,11H2,(H,19,20,21,22). The predicted molar refractivity (Wildman–Crippen MR) is 86.0 cm³/mol. The van der Waals surface area contributed by atoms with Gasteiger partial charge in [-0.2, -0.15) is 5.10 Å². The third-order valence-electron chi connectivity index (χ3n) is 3.64. The summed E-state index contributed by atoms with van der Waals surface area (Å²) in [5.41, 5.74) is 4.25. The summed E-state index contributed by atoms with van der Waals surface area (Å²) in [6, 6.07) is 20.3. The van der Waals surface area contributed by atoms with Crippen LogP contribution in [0.2, 0.25) is 0 Å². The molecule has 0 aliphatic heterocycles. The summed E-state index contributed by atoms with van der Waals surface area (Å²) < 4.78 is 1.95. The molecule has 2 aromatic heterocycles. The van der Waals surface area contributed by atoms with E-state index in [0.29, 0.717) is 6.42 Å². The van der Waals surface area contributed by atoms with Crippen molar-refractivity contribution in [2.75, 3.05) is 0 Å². The molecule has 4 aromatic rings. The average Bonchev–Trinajstić information content (AvgIpc) is 3.27. The molecule has 4 rings (SSSR count). The Morgan fingerprint density at radius 1 is 0.913 bits per heavy atom. The molecule has 6 nitrogen and oxygen atoms in total. The lowest BCUT2D eigenvalue weighted by atomic mass is 10.1. The van der Waals surface area contributed by atoms with Crippen molar-refractivity contribution in [2.45, 2.75) is 6.42 Å². The lowest BCUT2D eigenvalue weighted by molar-refractivity contribution is 0.881. The fraction of sp³-hybridized carbons (Fsp3) is 0.0588. The molecule has 0 saturated heterocycles. The van der Waals surface area contributed by atoms with Crippen molar-refractivity contribution in [1.82, 2.24) is 30.4 Å². The number of hydrogen-bond acceptors (Lipinski definition) is 4. The number of hydrogen-bond donors (Lipinski definition) is 1. The average molecular weight is 302 g/mol. The zero-order valence-corrected chi connectivity index (χ0v) is 12.3. The molecular weight excluding hydrogens is 288 g/mol. The molecule has 112 valence electrons. The van der Waals surface area contributed by atoms with E-state index in [1.165, 1.54) is 0 Å². The SMILES string of the molecule is c1ccc(-c2c(Cc3nnn[nH]3)cnn2-c2ccccc2)cc1. The highest BCUT2D eigenvalue weighted by Crippen LogP contribution is 2.27. The Morgan fingerprint density at radius 3 is 2.35 bits per heavy atom. The van der Waals surface area contributed by atoms with Crippen LogP contribution >= 0.6 is 0 Å². The van der Waals surface area contributed by atoms with E-state index in [-0.39, 0.29) is 0 Å². The van der Waals surface area contributed by atoms with Gasteiger partial charge in [0.1, 0.15) is 0 Å². The first-order chi connectivity index (χ1) is 11.4. The molecule has 2 heterocycles. The van der Waals surface area contributed by atoms with Crippen molar-refractivity contribution < 1.29 is 0 Å². The minimum absolute atomic E-state index is 0.601. The number of aromatic nitrogens is 6. The summed E-state index contributed by atoms with van der Waals surface area (Å²) in [6.45, 7) is 0. The molecule has 0 unspecified atom stereocenters. The zero-order chi connectivity index (χ0) is 15.5. The fourth-order valence-electron chi connectivity index (χ4n) is 2.61. The molecule has 0 radical (unpaired) electrons. The summed E-state index contributed by atoms with van der Waals surface area (Å²) in [5.74, 6) is 0.717. The maximum Gasteiger partial charge on any atom is 0.153 e. The number of aromatic amines is 1. The van der Waals surface area contributed by atoms with Crippen LogP contribution in [-0.2, 0) is 6.42 Å². The van der Waals surface area contributed by atoms with Gasteiger partial charge in [-0.1, -0.05) is 48.5 Å². The lowest BCUT2D eigenvalue weighted by Gasteiger charge is -2.09. The molecule has 0 saturated carbocycles. The maximum absolute atomic E-state index is 4.58. The number of tetrazole rings is 1. The first kappa shape index (κ1) is 13.4. The van der Waals surface area contributed by atoms with Crippen LogP contribution in [0, 0.1) is 0 Å². The highest BCUT2D eigenvalue weighted by atomic mass is 15.5. The summed E-state index contributed by atoms with van der Waals surface area (Å²) >= 11 is 0. The van der Waals surface area contributed by atoms with E-state index in [1.807, 2.05) is 59.4 Å². The van der Waals surface area contributed by atoms with Crippen LogP contribution < -0.4 is 0 Å². The van der Waals surface area contributed by atoms with E-state index in [2.05, 4.69) is 37.9 Å². The van der Waals surface area contributed by atoms with Crippen LogP contribution in [0.4, 0.5) is 0 Å². The van der Waals surface area contributed by atoms with E-state index in [0.717, 1.165) is 28.3 Å². The maximum atomic E-state index is 4.58. The van der Waals surface area contributed by atoms with Crippen molar-refractivity contribution in [3.8, 4) is 16.9 Å². The Bertz CT molecular complexity index is 882. The third-order valence-corrected chi connectivity index (χ3v) is 3.64. The summed E-state index contributed by atoms with van der Waals surface area (Å²) in [5, 5.41) is 18.6. The fourth-order valence-corrected chi connectivity index (χ4v) is 2.61. The zero-order valence-electron chi connectivity index (χ0n) is 12.3. The van der Waals surface area contributed by atoms with Gasteiger partial charge in [-0.05, 0) is 22.6 Å². The van der Waals surface area contributed by atoms with Gasteiger partial charge in [-0.15, -0.1) is 5.10 Å². The van der Waals surface area contributed by atoms with Gasteiger partial charge >= 0.3 is 0 Å². The van der Waals surface area contributed by atoms with Gasteiger partial charge in [0.25, 0.3) is 0 Å². The lowest BCUT2D eigenvalue weighted by Crippen LogP contribution is -2.00. The minimum atomic E-state index is 0.601. The minimum Gasteiger partial charge on any atom is -0.243 e. The molecule has 2 aromatic carbocycles. The number of nitrogens with one attached hydrogen (secondary N) is 1. The first-order valence-electron chi connectivity index (χ1n) is 7.32. The van der Waals surface area contributed by atoms with Crippen LogP contribution in [0.25, 0.3) is 16.9 Å². The van der Waals surface area contributed by atoms with Gasteiger partial charge < -0.3 is 0 Å². The molecule has 6 heteroatoms. The van der Waals surface area contributed by atoms with Gasteiger partial charge in [-0.3, -0.25) is 0 Å². The van der Waals surface area contributed by atoms with Gasteiger partial charge in [0.05, 0.1) is 17.6 Å². The molecule has 0 spiro atoms. The Labute approximate surface area is 132 Å². The van der Waals surface area contributed by atoms with Crippen LogP contribution in [0.5, 0.6) is 0 Å². The second-order valence-corrected chi connectivity index (χ2v) is 5.16. The molecule has 0 atom stereocenters. The number of para-hydroxylation sites is 1.